The van der Waals surface area contributed by atoms with Crippen LogP contribution < -0.4 is 0 Å². The molecule has 0 radical (unpaired) electrons. The molecular weight excluding hydrogens is 198 g/mol. The number of hydrogen-bond donors (Lipinski definition) is 1. The van der Waals surface area contributed by atoms with Crippen LogP contribution in [-0.2, 0) is 0 Å². The van der Waals surface area contributed by atoms with Crippen LogP contribution in [0.25, 0.3) is 10.9 Å². The Morgan fingerprint density at radius 3 is 2.94 bits per heavy atom. The summed E-state index contributed by atoms with van der Waals surface area (Å²) < 4.78 is 0. The van der Waals surface area contributed by atoms with Gasteiger partial charge in [-0.2, -0.15) is 0 Å². The summed E-state index contributed by atoms with van der Waals surface area (Å²) in [5.74, 6) is 0. The number of aliphatic hydroxyl groups is 1. The minimum absolute atomic E-state index is 0.496. The van der Waals surface area contributed by atoms with E-state index in [1.807, 2.05) is 37.3 Å². The van der Waals surface area contributed by atoms with E-state index in [9.17, 15) is 5.11 Å². The maximum Gasteiger partial charge on any atom is 0.0831 e. The fourth-order valence-electron chi connectivity index (χ4n) is 1.90. The molecular formula is C14H15NO. The molecule has 1 aromatic carbocycles. The molecule has 1 atom stereocenters. The van der Waals surface area contributed by atoms with Crippen molar-refractivity contribution in [1.29, 1.82) is 0 Å². The average molecular weight is 213 g/mol. The predicted octanol–water partition coefficient (Wildman–Crippen LogP) is 3.15. The number of aliphatic hydroxyl groups excluding tert-OH is 1. The molecule has 1 unspecified atom stereocenters. The third kappa shape index (κ3) is 1.97. The lowest BCUT2D eigenvalue weighted by molar-refractivity contribution is 0.183. The Morgan fingerprint density at radius 2 is 2.19 bits per heavy atom. The van der Waals surface area contributed by atoms with E-state index >= 15 is 0 Å². The number of hydrogen-bond acceptors (Lipinski definition) is 2. The molecule has 2 nitrogen and oxygen atoms in total. The van der Waals surface area contributed by atoms with Crippen LogP contribution in [-0.4, -0.2) is 10.1 Å². The molecule has 0 bridgehead atoms. The number of aryl methyl sites for hydroxylation is 1. The Bertz CT molecular complexity index is 519. The Labute approximate surface area is 95.3 Å². The quantitative estimate of drug-likeness (QED) is 0.794. The standard InChI is InChI=1S/C14H15NO/c1-3-6-14(16)12-9-10(2)15-13-8-5-4-7-11(12)13/h3-5,7-9,14,16H,1,6H2,2H3. The van der Waals surface area contributed by atoms with E-state index < -0.39 is 6.10 Å². The first-order chi connectivity index (χ1) is 7.72. The van der Waals surface area contributed by atoms with E-state index in [4.69, 9.17) is 0 Å². The van der Waals surface area contributed by atoms with Crippen molar-refractivity contribution in [2.24, 2.45) is 0 Å². The monoisotopic (exact) mass is 213 g/mol. The molecule has 1 aromatic heterocycles. The highest BCUT2D eigenvalue weighted by atomic mass is 16.3. The van der Waals surface area contributed by atoms with Crippen molar-refractivity contribution in [3.8, 4) is 0 Å². The number of benzene rings is 1. The molecule has 1 N–H and O–H groups in total. The number of nitrogens with zero attached hydrogens (tertiary/aromatic N) is 1. The van der Waals surface area contributed by atoms with Crippen molar-refractivity contribution in [2.75, 3.05) is 0 Å². The van der Waals surface area contributed by atoms with Crippen LogP contribution in [0.1, 0.15) is 23.8 Å². The first-order valence-electron chi connectivity index (χ1n) is 5.37. The van der Waals surface area contributed by atoms with Gasteiger partial charge in [-0.15, -0.1) is 6.58 Å². The number of rotatable bonds is 3. The molecule has 1 heterocycles. The van der Waals surface area contributed by atoms with E-state index in [0.29, 0.717) is 6.42 Å². The van der Waals surface area contributed by atoms with Gasteiger partial charge in [0.1, 0.15) is 0 Å². The van der Waals surface area contributed by atoms with Gasteiger partial charge >= 0.3 is 0 Å². The Morgan fingerprint density at radius 1 is 1.44 bits per heavy atom. The van der Waals surface area contributed by atoms with Gasteiger partial charge in [0.05, 0.1) is 11.6 Å². The van der Waals surface area contributed by atoms with Gasteiger partial charge in [-0.05, 0) is 31.0 Å². The summed E-state index contributed by atoms with van der Waals surface area (Å²) in [6, 6.07) is 9.81. The molecule has 0 saturated heterocycles. The molecule has 0 aliphatic rings. The molecule has 2 aromatic rings. The largest absolute Gasteiger partial charge is 0.388 e. The highest BCUT2D eigenvalue weighted by Gasteiger charge is 2.10. The molecule has 0 aliphatic heterocycles. The predicted molar refractivity (Wildman–Crippen MR) is 66.3 cm³/mol. The van der Waals surface area contributed by atoms with Crippen LogP contribution in [0.2, 0.25) is 0 Å². The molecule has 0 spiro atoms. The van der Waals surface area contributed by atoms with E-state index in [-0.39, 0.29) is 0 Å². The lowest BCUT2D eigenvalue weighted by Crippen LogP contribution is -1.99. The first kappa shape index (κ1) is 10.8. The van der Waals surface area contributed by atoms with Crippen molar-refractivity contribution in [2.45, 2.75) is 19.4 Å². The van der Waals surface area contributed by atoms with Crippen LogP contribution in [0.4, 0.5) is 0 Å². The summed E-state index contributed by atoms with van der Waals surface area (Å²) in [5.41, 5.74) is 2.79. The van der Waals surface area contributed by atoms with Crippen molar-refractivity contribution in [3.63, 3.8) is 0 Å². The van der Waals surface area contributed by atoms with Gasteiger partial charge in [0, 0.05) is 11.1 Å². The van der Waals surface area contributed by atoms with Crippen molar-refractivity contribution in [1.82, 2.24) is 4.98 Å². The molecule has 16 heavy (non-hydrogen) atoms. The highest BCUT2D eigenvalue weighted by Crippen LogP contribution is 2.26. The lowest BCUT2D eigenvalue weighted by atomic mass is 10.0. The summed E-state index contributed by atoms with van der Waals surface area (Å²) in [6.07, 6.45) is 1.80. The van der Waals surface area contributed by atoms with Crippen LogP contribution in [0, 0.1) is 6.92 Å². The van der Waals surface area contributed by atoms with Crippen molar-refractivity contribution in [3.05, 3.63) is 54.2 Å². The molecule has 0 saturated carbocycles. The fourth-order valence-corrected chi connectivity index (χ4v) is 1.90. The number of fused-ring (bicyclic) bond motifs is 1. The second-order valence-corrected chi connectivity index (χ2v) is 3.91. The zero-order valence-corrected chi connectivity index (χ0v) is 9.35. The van der Waals surface area contributed by atoms with E-state index in [0.717, 1.165) is 22.2 Å². The Balaban J connectivity index is 2.62. The van der Waals surface area contributed by atoms with E-state index in [1.165, 1.54) is 0 Å². The molecule has 0 fully saturated rings. The molecule has 2 rings (SSSR count). The van der Waals surface area contributed by atoms with Crippen LogP contribution in [0.3, 0.4) is 0 Å². The maximum atomic E-state index is 10.0. The minimum atomic E-state index is -0.496. The summed E-state index contributed by atoms with van der Waals surface area (Å²) in [4.78, 5) is 4.44. The van der Waals surface area contributed by atoms with Crippen molar-refractivity contribution >= 4 is 10.9 Å². The SMILES string of the molecule is C=CCC(O)c1cc(C)nc2ccccc12. The van der Waals surface area contributed by atoms with E-state index in [1.54, 1.807) is 6.08 Å². The maximum absolute atomic E-state index is 10.0. The summed E-state index contributed by atoms with van der Waals surface area (Å²) in [5, 5.41) is 11.1. The molecule has 0 aliphatic carbocycles. The number of para-hydroxylation sites is 1. The number of pyridine rings is 1. The van der Waals surface area contributed by atoms with Gasteiger partial charge in [-0.25, -0.2) is 0 Å². The molecule has 0 amide bonds. The van der Waals surface area contributed by atoms with Crippen LogP contribution in [0.15, 0.2) is 43.0 Å². The average Bonchev–Trinajstić information content (AvgIpc) is 2.28. The lowest BCUT2D eigenvalue weighted by Gasteiger charge is -2.12. The topological polar surface area (TPSA) is 33.1 Å². The third-order valence-electron chi connectivity index (χ3n) is 2.63. The fraction of sp³-hybridized carbons (Fsp3) is 0.214. The summed E-state index contributed by atoms with van der Waals surface area (Å²) >= 11 is 0. The second-order valence-electron chi connectivity index (χ2n) is 3.91. The zero-order valence-electron chi connectivity index (χ0n) is 9.35. The minimum Gasteiger partial charge on any atom is -0.388 e. The van der Waals surface area contributed by atoms with Gasteiger partial charge in [0.15, 0.2) is 0 Å². The smallest absolute Gasteiger partial charge is 0.0831 e. The Hall–Kier alpha value is -1.67. The summed E-state index contributed by atoms with van der Waals surface area (Å²) in [7, 11) is 0. The van der Waals surface area contributed by atoms with Gasteiger partial charge in [0.2, 0.25) is 0 Å². The van der Waals surface area contributed by atoms with Crippen LogP contribution >= 0.6 is 0 Å². The van der Waals surface area contributed by atoms with Gasteiger partial charge in [0.25, 0.3) is 0 Å². The molecule has 2 heteroatoms. The van der Waals surface area contributed by atoms with Gasteiger partial charge in [-0.3, -0.25) is 4.98 Å². The third-order valence-corrected chi connectivity index (χ3v) is 2.63. The van der Waals surface area contributed by atoms with Crippen molar-refractivity contribution < 1.29 is 5.11 Å². The highest BCUT2D eigenvalue weighted by molar-refractivity contribution is 5.82. The number of aromatic nitrogens is 1. The van der Waals surface area contributed by atoms with Crippen LogP contribution in [0.5, 0.6) is 0 Å². The Kier molecular flexibility index (Phi) is 3.02. The van der Waals surface area contributed by atoms with Gasteiger partial charge < -0.3 is 5.11 Å². The van der Waals surface area contributed by atoms with Gasteiger partial charge in [-0.1, -0.05) is 24.3 Å². The summed E-state index contributed by atoms with van der Waals surface area (Å²) in [6.45, 7) is 5.59. The second kappa shape index (κ2) is 4.45. The molecule has 82 valence electrons. The zero-order chi connectivity index (χ0) is 11.5. The normalized spacial score (nSPS) is 12.6. The first-order valence-corrected chi connectivity index (χ1v) is 5.37. The van der Waals surface area contributed by atoms with E-state index in [2.05, 4.69) is 11.6 Å².